The molecule has 1 saturated heterocycles. The van der Waals surface area contributed by atoms with Crippen LogP contribution < -0.4 is 5.32 Å². The number of nitrogens with zero attached hydrogens (tertiary/aromatic N) is 1. The lowest BCUT2D eigenvalue weighted by Crippen LogP contribution is -2.71. The Morgan fingerprint density at radius 3 is 2.04 bits per heavy atom. The number of hydroxylamine groups is 2. The summed E-state index contributed by atoms with van der Waals surface area (Å²) in [5, 5.41) is 14.6. The molecule has 6 heteroatoms. The molecule has 0 aliphatic carbocycles. The molecule has 0 spiro atoms. The van der Waals surface area contributed by atoms with Gasteiger partial charge in [-0.05, 0) is 39.8 Å². The minimum Gasteiger partial charge on any atom is -0.467 e. The van der Waals surface area contributed by atoms with Crippen molar-refractivity contribution >= 4 is 11.9 Å². The second-order valence-electron chi connectivity index (χ2n) is 7.68. The molecule has 1 aliphatic rings. The van der Waals surface area contributed by atoms with Gasteiger partial charge in [-0.25, -0.2) is 4.79 Å². The molecule has 0 atom stereocenters. The van der Waals surface area contributed by atoms with Gasteiger partial charge in [-0.1, -0.05) is 18.2 Å². The number of esters is 1. The molecule has 0 aromatic heterocycles. The molecule has 1 aromatic rings. The van der Waals surface area contributed by atoms with E-state index in [4.69, 9.17) is 4.74 Å². The maximum absolute atomic E-state index is 12.6. The Morgan fingerprint density at radius 2 is 1.58 bits per heavy atom. The lowest BCUT2D eigenvalue weighted by atomic mass is 9.70. The zero-order valence-corrected chi connectivity index (χ0v) is 14.9. The molecule has 1 heterocycles. The van der Waals surface area contributed by atoms with Crippen LogP contribution in [0.15, 0.2) is 30.3 Å². The molecular weight excluding hydrogens is 308 g/mol. The predicted molar refractivity (Wildman–Crippen MR) is 89.7 cm³/mol. The Morgan fingerprint density at radius 1 is 1.08 bits per heavy atom. The molecule has 6 nitrogen and oxygen atoms in total. The summed E-state index contributed by atoms with van der Waals surface area (Å²) in [6, 6.07) is 8.74. The number of carbonyl (C=O) groups is 2. The van der Waals surface area contributed by atoms with Crippen LogP contribution in [-0.2, 0) is 9.53 Å². The van der Waals surface area contributed by atoms with Gasteiger partial charge in [0.15, 0.2) is 0 Å². The molecular formula is C18H26N2O4. The zero-order valence-electron chi connectivity index (χ0n) is 14.9. The lowest BCUT2D eigenvalue weighted by Gasteiger charge is -2.55. The summed E-state index contributed by atoms with van der Waals surface area (Å²) in [6.45, 7) is 7.33. The molecule has 1 amide bonds. The van der Waals surface area contributed by atoms with Gasteiger partial charge in [0, 0.05) is 29.5 Å². The SMILES string of the molecule is COC(=O)C1(NC(=O)c2ccccc2)CC(C)(C)N(O)C(C)(C)C1. The predicted octanol–water partition coefficient (Wildman–Crippen LogP) is 2.37. The van der Waals surface area contributed by atoms with Crippen molar-refractivity contribution in [3.63, 3.8) is 0 Å². The highest BCUT2D eigenvalue weighted by atomic mass is 16.5. The fourth-order valence-corrected chi connectivity index (χ4v) is 3.87. The summed E-state index contributed by atoms with van der Waals surface area (Å²) >= 11 is 0. The van der Waals surface area contributed by atoms with Crippen LogP contribution in [0.3, 0.4) is 0 Å². The summed E-state index contributed by atoms with van der Waals surface area (Å²) in [4.78, 5) is 25.2. The van der Waals surface area contributed by atoms with Gasteiger partial charge in [-0.15, -0.1) is 0 Å². The minimum atomic E-state index is -1.20. The van der Waals surface area contributed by atoms with E-state index in [9.17, 15) is 14.8 Å². The van der Waals surface area contributed by atoms with Crippen LogP contribution in [0.5, 0.6) is 0 Å². The van der Waals surface area contributed by atoms with E-state index in [1.54, 1.807) is 24.3 Å². The maximum atomic E-state index is 12.6. The van der Waals surface area contributed by atoms with Crippen molar-refractivity contribution in [1.29, 1.82) is 0 Å². The number of methoxy groups -OCH3 is 1. The van der Waals surface area contributed by atoms with Crippen molar-refractivity contribution in [1.82, 2.24) is 10.4 Å². The molecule has 0 bridgehead atoms. The van der Waals surface area contributed by atoms with Crippen LogP contribution in [-0.4, -0.2) is 45.9 Å². The molecule has 24 heavy (non-hydrogen) atoms. The van der Waals surface area contributed by atoms with Crippen LogP contribution in [0.4, 0.5) is 0 Å². The topological polar surface area (TPSA) is 78.9 Å². The van der Waals surface area contributed by atoms with E-state index >= 15 is 0 Å². The van der Waals surface area contributed by atoms with Gasteiger partial charge in [0.1, 0.15) is 5.54 Å². The first-order valence-electron chi connectivity index (χ1n) is 7.99. The van der Waals surface area contributed by atoms with E-state index < -0.39 is 22.6 Å². The number of benzene rings is 1. The molecule has 2 rings (SSSR count). The standard InChI is InChI=1S/C18H26N2O4/c1-16(2)11-18(15(22)24-5,12-17(3,4)20(16)23)19-14(21)13-9-7-6-8-10-13/h6-10,23H,11-12H2,1-5H3,(H,19,21). The van der Waals surface area contributed by atoms with Crippen molar-refractivity contribution in [2.24, 2.45) is 0 Å². The summed E-state index contributed by atoms with van der Waals surface area (Å²) in [5.41, 5.74) is -2.14. The van der Waals surface area contributed by atoms with E-state index in [1.807, 2.05) is 33.8 Å². The fourth-order valence-electron chi connectivity index (χ4n) is 3.87. The van der Waals surface area contributed by atoms with Crippen molar-refractivity contribution in [3.05, 3.63) is 35.9 Å². The van der Waals surface area contributed by atoms with Crippen LogP contribution in [0.25, 0.3) is 0 Å². The van der Waals surface area contributed by atoms with Crippen LogP contribution in [0, 0.1) is 0 Å². The largest absolute Gasteiger partial charge is 0.467 e. The number of piperidine rings is 1. The maximum Gasteiger partial charge on any atom is 0.331 e. The minimum absolute atomic E-state index is 0.241. The van der Waals surface area contributed by atoms with Crippen LogP contribution in [0.1, 0.15) is 50.9 Å². The quantitative estimate of drug-likeness (QED) is 0.830. The smallest absolute Gasteiger partial charge is 0.331 e. The number of nitrogens with one attached hydrogen (secondary N) is 1. The number of amides is 1. The fraction of sp³-hybridized carbons (Fsp3) is 0.556. The molecule has 2 N–H and O–H groups in total. The number of ether oxygens (including phenoxy) is 1. The molecule has 0 saturated carbocycles. The normalized spacial score (nSPS) is 21.8. The monoisotopic (exact) mass is 334 g/mol. The second kappa shape index (κ2) is 6.18. The highest BCUT2D eigenvalue weighted by Crippen LogP contribution is 2.43. The third kappa shape index (κ3) is 3.30. The molecule has 132 valence electrons. The number of rotatable bonds is 3. The van der Waals surface area contributed by atoms with Crippen molar-refractivity contribution in [2.45, 2.75) is 57.2 Å². The second-order valence-corrected chi connectivity index (χ2v) is 7.68. The highest BCUT2D eigenvalue weighted by molar-refractivity contribution is 5.98. The third-order valence-corrected chi connectivity index (χ3v) is 4.58. The van der Waals surface area contributed by atoms with Gasteiger partial charge in [0.2, 0.25) is 0 Å². The van der Waals surface area contributed by atoms with Gasteiger partial charge >= 0.3 is 5.97 Å². The molecule has 1 aliphatic heterocycles. The highest BCUT2D eigenvalue weighted by Gasteiger charge is 2.57. The average Bonchev–Trinajstić information content (AvgIpc) is 2.52. The summed E-state index contributed by atoms with van der Waals surface area (Å²) < 4.78 is 5.00. The van der Waals surface area contributed by atoms with E-state index in [0.717, 1.165) is 0 Å². The lowest BCUT2D eigenvalue weighted by molar-refractivity contribution is -0.256. The Hall–Kier alpha value is -1.92. The average molecular weight is 334 g/mol. The Kier molecular flexibility index (Phi) is 4.74. The Bertz CT molecular complexity index is 607. The summed E-state index contributed by atoms with van der Waals surface area (Å²) in [7, 11) is 1.31. The van der Waals surface area contributed by atoms with Crippen LogP contribution in [0.2, 0.25) is 0 Å². The Balaban J connectivity index is 2.41. The number of carbonyl (C=O) groups excluding carboxylic acids is 2. The molecule has 0 radical (unpaired) electrons. The molecule has 1 aromatic carbocycles. The summed E-state index contributed by atoms with van der Waals surface area (Å²) in [6.07, 6.45) is 0.482. The van der Waals surface area contributed by atoms with Crippen molar-refractivity contribution in [2.75, 3.05) is 7.11 Å². The van der Waals surface area contributed by atoms with Crippen molar-refractivity contribution in [3.8, 4) is 0 Å². The third-order valence-electron chi connectivity index (χ3n) is 4.58. The van der Waals surface area contributed by atoms with Gasteiger partial charge in [-0.3, -0.25) is 4.79 Å². The molecule has 1 fully saturated rings. The first kappa shape index (κ1) is 18.4. The zero-order chi connectivity index (χ0) is 18.2. The van der Waals surface area contributed by atoms with Gasteiger partial charge in [-0.2, -0.15) is 5.06 Å². The molecule has 0 unspecified atom stereocenters. The number of hydrogen-bond acceptors (Lipinski definition) is 5. The van der Waals surface area contributed by atoms with Gasteiger partial charge < -0.3 is 15.3 Å². The first-order chi connectivity index (χ1) is 11.0. The Labute approximate surface area is 142 Å². The van der Waals surface area contributed by atoms with Crippen molar-refractivity contribution < 1.29 is 19.5 Å². The van der Waals surface area contributed by atoms with E-state index in [1.165, 1.54) is 12.2 Å². The number of hydrogen-bond donors (Lipinski definition) is 2. The van der Waals surface area contributed by atoms with E-state index in [2.05, 4.69) is 5.32 Å². The van der Waals surface area contributed by atoms with Gasteiger partial charge in [0.25, 0.3) is 5.91 Å². The van der Waals surface area contributed by atoms with Crippen LogP contribution >= 0.6 is 0 Å². The summed E-state index contributed by atoms with van der Waals surface area (Å²) in [5.74, 6) is -0.833. The van der Waals surface area contributed by atoms with Gasteiger partial charge in [0.05, 0.1) is 7.11 Å². The van der Waals surface area contributed by atoms with E-state index in [0.29, 0.717) is 5.56 Å². The van der Waals surface area contributed by atoms with E-state index in [-0.39, 0.29) is 18.7 Å². The first-order valence-corrected chi connectivity index (χ1v) is 7.99.